The summed E-state index contributed by atoms with van der Waals surface area (Å²) in [7, 11) is 0. The summed E-state index contributed by atoms with van der Waals surface area (Å²) < 4.78 is 3.66. The monoisotopic (exact) mass is 888 g/mol. The maximum absolute atomic E-state index is 10.8. The van der Waals surface area contributed by atoms with Crippen LogP contribution in [0.5, 0.6) is 11.5 Å². The summed E-state index contributed by atoms with van der Waals surface area (Å²) in [4.78, 5) is 17.9. The number of nitrogens with zero attached hydrogens (tertiary/aromatic N) is 8. The summed E-state index contributed by atoms with van der Waals surface area (Å²) in [6, 6.07) is 46.8. The molecule has 10 heteroatoms. The predicted octanol–water partition coefficient (Wildman–Crippen LogP) is 14.4. The highest BCUT2D eigenvalue weighted by atomic mass is 16.3. The SMILES string of the molecule is [C-]#[N+]c1c(-c2ccc(CC)cc2)nc2c(c(C)nn2-c2ccc(C)cc2)c1-c1ccccc1O.[C-]#[N+]c1c(-c2ccc(CC)cc2)nc2c(c(C)nn2-c2cccc(C)c2)c1-c1ccccc1O. The Morgan fingerprint density at radius 2 is 0.926 bits per heavy atom. The average molecular weight is 889 g/mol. The van der Waals surface area contributed by atoms with Crippen LogP contribution in [0.4, 0.5) is 11.4 Å². The normalized spacial score (nSPS) is 11.0. The number of phenolic OH excluding ortho intramolecular Hbond substituents is 2. The van der Waals surface area contributed by atoms with Crippen LogP contribution < -0.4 is 0 Å². The zero-order chi connectivity index (χ0) is 47.6. The van der Waals surface area contributed by atoms with Crippen molar-refractivity contribution in [3.05, 3.63) is 202 Å². The second kappa shape index (κ2) is 18.6. The second-order valence-corrected chi connectivity index (χ2v) is 16.8. The summed E-state index contributed by atoms with van der Waals surface area (Å²) in [5.41, 5.74) is 15.5. The summed E-state index contributed by atoms with van der Waals surface area (Å²) in [5, 5.41) is 32.7. The molecule has 332 valence electrons. The minimum atomic E-state index is 0.120. The van der Waals surface area contributed by atoms with Crippen molar-refractivity contribution in [2.75, 3.05) is 0 Å². The standard InChI is InChI=1S/2C29H24N4O/c1-5-20-13-15-21(16-14-20)27-28(30-4)26(23-11-6-7-12-24(23)34)25-19(3)32-33(29(25)31-27)22-10-8-9-18(2)17-22;1-5-20-12-14-21(15-13-20)27-28(30-4)26(23-8-6-7-9-24(23)34)25-19(3)32-33(29(25)31-27)22-16-10-18(2)11-17-22/h2*6-17,34H,5H2,1-3H3. The van der Waals surface area contributed by atoms with Gasteiger partial charge in [-0.3, -0.25) is 0 Å². The first-order valence-corrected chi connectivity index (χ1v) is 22.5. The summed E-state index contributed by atoms with van der Waals surface area (Å²) in [6.07, 6.45) is 1.87. The molecule has 0 atom stereocenters. The molecule has 10 aromatic rings. The number of benzene rings is 6. The molecule has 6 aromatic carbocycles. The predicted molar refractivity (Wildman–Crippen MR) is 273 cm³/mol. The Kier molecular flexibility index (Phi) is 12.1. The van der Waals surface area contributed by atoms with Crippen LogP contribution in [-0.4, -0.2) is 39.7 Å². The Labute approximate surface area is 395 Å². The molecule has 0 aliphatic carbocycles. The largest absolute Gasteiger partial charge is 0.507 e. The highest BCUT2D eigenvalue weighted by Gasteiger charge is 2.27. The molecule has 0 spiro atoms. The highest BCUT2D eigenvalue weighted by molar-refractivity contribution is 6.08. The number of fused-ring (bicyclic) bond motifs is 2. The van der Waals surface area contributed by atoms with E-state index in [-0.39, 0.29) is 11.5 Å². The van der Waals surface area contributed by atoms with Gasteiger partial charge in [0.1, 0.15) is 11.5 Å². The molecule has 0 unspecified atom stereocenters. The third kappa shape index (κ3) is 8.10. The van der Waals surface area contributed by atoms with Gasteiger partial charge in [0, 0.05) is 33.0 Å². The van der Waals surface area contributed by atoms with E-state index >= 15 is 0 Å². The molecule has 0 fully saturated rings. The number of para-hydroxylation sites is 2. The van der Waals surface area contributed by atoms with Gasteiger partial charge in [-0.2, -0.15) is 10.2 Å². The number of pyridine rings is 2. The first-order chi connectivity index (χ1) is 33.0. The molecule has 4 aromatic heterocycles. The zero-order valence-corrected chi connectivity index (χ0v) is 38.7. The van der Waals surface area contributed by atoms with Gasteiger partial charge in [0.05, 0.1) is 47.3 Å². The average Bonchev–Trinajstić information content (AvgIpc) is 3.88. The molecule has 0 radical (unpaired) electrons. The molecule has 0 aliphatic heterocycles. The first-order valence-electron chi connectivity index (χ1n) is 22.5. The fourth-order valence-corrected chi connectivity index (χ4v) is 8.73. The van der Waals surface area contributed by atoms with Crippen molar-refractivity contribution in [1.82, 2.24) is 29.5 Å². The summed E-state index contributed by atoms with van der Waals surface area (Å²) in [6.45, 7) is 28.3. The van der Waals surface area contributed by atoms with Crippen LogP contribution in [0.1, 0.15) is 47.5 Å². The van der Waals surface area contributed by atoms with Gasteiger partial charge >= 0.3 is 0 Å². The van der Waals surface area contributed by atoms with Crippen LogP contribution in [0.15, 0.2) is 146 Å². The van der Waals surface area contributed by atoms with Crippen LogP contribution in [0.2, 0.25) is 0 Å². The van der Waals surface area contributed by atoms with Crippen LogP contribution in [0.25, 0.3) is 87.9 Å². The van der Waals surface area contributed by atoms with E-state index in [0.29, 0.717) is 56.3 Å². The number of phenols is 2. The second-order valence-electron chi connectivity index (χ2n) is 16.8. The van der Waals surface area contributed by atoms with E-state index < -0.39 is 0 Å². The molecule has 10 rings (SSSR count). The Morgan fingerprint density at radius 3 is 1.34 bits per heavy atom. The minimum absolute atomic E-state index is 0.120. The van der Waals surface area contributed by atoms with E-state index in [1.165, 1.54) is 11.1 Å². The fourth-order valence-electron chi connectivity index (χ4n) is 8.73. The number of rotatable bonds is 8. The topological polar surface area (TPSA) is 111 Å². The van der Waals surface area contributed by atoms with Gasteiger partial charge in [0.25, 0.3) is 0 Å². The summed E-state index contributed by atoms with van der Waals surface area (Å²) >= 11 is 0. The Balaban J connectivity index is 0.000000170. The quantitative estimate of drug-likeness (QED) is 0.147. The zero-order valence-electron chi connectivity index (χ0n) is 38.7. The van der Waals surface area contributed by atoms with E-state index in [0.717, 1.165) is 68.6 Å². The molecule has 0 bridgehead atoms. The van der Waals surface area contributed by atoms with E-state index in [9.17, 15) is 10.2 Å². The maximum atomic E-state index is 10.8. The van der Waals surface area contributed by atoms with Crippen molar-refractivity contribution in [2.24, 2.45) is 0 Å². The van der Waals surface area contributed by atoms with Gasteiger partial charge in [0.15, 0.2) is 11.3 Å². The van der Waals surface area contributed by atoms with Crippen molar-refractivity contribution in [1.29, 1.82) is 0 Å². The minimum Gasteiger partial charge on any atom is -0.507 e. The fraction of sp³-hybridized carbons (Fsp3) is 0.138. The van der Waals surface area contributed by atoms with E-state index in [1.807, 2.05) is 128 Å². The van der Waals surface area contributed by atoms with Crippen molar-refractivity contribution in [3.8, 4) is 67.6 Å². The van der Waals surface area contributed by atoms with E-state index in [1.54, 1.807) is 24.3 Å². The van der Waals surface area contributed by atoms with Gasteiger partial charge in [-0.05, 0) is 105 Å². The lowest BCUT2D eigenvalue weighted by molar-refractivity contribution is 0.477. The molecule has 68 heavy (non-hydrogen) atoms. The van der Waals surface area contributed by atoms with Crippen LogP contribution in [0.3, 0.4) is 0 Å². The van der Waals surface area contributed by atoms with Gasteiger partial charge in [-0.15, -0.1) is 0 Å². The molecule has 0 saturated heterocycles. The molecule has 0 amide bonds. The number of aryl methyl sites for hydroxylation is 6. The van der Waals surface area contributed by atoms with Gasteiger partial charge in [-0.25, -0.2) is 29.0 Å². The van der Waals surface area contributed by atoms with Gasteiger partial charge in [0.2, 0.25) is 11.4 Å². The van der Waals surface area contributed by atoms with Crippen LogP contribution in [0, 0.1) is 40.8 Å². The maximum Gasteiger partial charge on any atom is 0.221 e. The molecule has 10 nitrogen and oxygen atoms in total. The van der Waals surface area contributed by atoms with E-state index in [4.69, 9.17) is 33.3 Å². The summed E-state index contributed by atoms with van der Waals surface area (Å²) in [5.74, 6) is 0.240. The number of aromatic nitrogens is 6. The van der Waals surface area contributed by atoms with Gasteiger partial charge < -0.3 is 10.2 Å². The van der Waals surface area contributed by atoms with Crippen molar-refractivity contribution >= 4 is 33.4 Å². The number of hydrogen-bond acceptors (Lipinski definition) is 6. The van der Waals surface area contributed by atoms with Crippen molar-refractivity contribution < 1.29 is 10.2 Å². The first kappa shape index (κ1) is 44.3. The lowest BCUT2D eigenvalue weighted by Gasteiger charge is -2.14. The lowest BCUT2D eigenvalue weighted by atomic mass is 9.95. The molecule has 2 N–H and O–H groups in total. The Morgan fingerprint density at radius 1 is 0.485 bits per heavy atom. The van der Waals surface area contributed by atoms with Crippen LogP contribution in [-0.2, 0) is 12.8 Å². The van der Waals surface area contributed by atoms with Crippen LogP contribution >= 0.6 is 0 Å². The molecule has 0 aliphatic rings. The molecular weight excluding hydrogens is 841 g/mol. The molecule has 0 saturated carbocycles. The molecular formula is C58H48N8O2. The third-order valence-corrected chi connectivity index (χ3v) is 12.3. The number of aromatic hydroxyl groups is 2. The third-order valence-electron chi connectivity index (χ3n) is 12.3. The molecule has 4 heterocycles. The Bertz CT molecular complexity index is 3610. The lowest BCUT2D eigenvalue weighted by Crippen LogP contribution is -2.00. The Hall–Kier alpha value is -8.86. The van der Waals surface area contributed by atoms with Crippen molar-refractivity contribution in [3.63, 3.8) is 0 Å². The highest BCUT2D eigenvalue weighted by Crippen LogP contribution is 2.48. The van der Waals surface area contributed by atoms with Crippen molar-refractivity contribution in [2.45, 2.75) is 54.4 Å². The van der Waals surface area contributed by atoms with E-state index in [2.05, 4.69) is 53.9 Å². The smallest absolute Gasteiger partial charge is 0.221 e. The van der Waals surface area contributed by atoms with Gasteiger partial charge in [-0.1, -0.05) is 129 Å². The number of hydrogen-bond donors (Lipinski definition) is 2.